The maximum Gasteiger partial charge on any atom is 0.253 e. The number of carbonyl (C=O) groups is 3. The lowest BCUT2D eigenvalue weighted by Gasteiger charge is -2.22. The summed E-state index contributed by atoms with van der Waals surface area (Å²) in [6, 6.07) is 16.3. The van der Waals surface area contributed by atoms with Crippen LogP contribution in [0.2, 0.25) is 0 Å². The van der Waals surface area contributed by atoms with Gasteiger partial charge in [-0.3, -0.25) is 14.4 Å². The monoisotopic (exact) mass is 408 g/mol. The van der Waals surface area contributed by atoms with E-state index < -0.39 is 0 Å². The summed E-state index contributed by atoms with van der Waals surface area (Å²) in [7, 11) is 0. The van der Waals surface area contributed by atoms with Gasteiger partial charge in [-0.25, -0.2) is 0 Å². The van der Waals surface area contributed by atoms with Crippen molar-refractivity contribution in [3.05, 3.63) is 65.7 Å². The Bertz CT molecular complexity index is 865. The number of benzene rings is 2. The molecule has 30 heavy (non-hydrogen) atoms. The first kappa shape index (κ1) is 21.6. The fourth-order valence-corrected chi connectivity index (χ4v) is 3.49. The van der Waals surface area contributed by atoms with Crippen molar-refractivity contribution in [2.45, 2.75) is 26.2 Å². The Hall–Kier alpha value is -3.15. The largest absolute Gasteiger partial charge is 0.494 e. The number of ether oxygens (including phenoxy) is 1. The Labute approximate surface area is 177 Å². The second-order valence-corrected chi connectivity index (χ2v) is 7.43. The van der Waals surface area contributed by atoms with Gasteiger partial charge in [-0.1, -0.05) is 18.2 Å². The number of ketones is 1. The summed E-state index contributed by atoms with van der Waals surface area (Å²) < 4.78 is 5.67. The van der Waals surface area contributed by atoms with Crippen molar-refractivity contribution in [2.24, 2.45) is 0 Å². The molecule has 0 spiro atoms. The number of hydrogen-bond donors (Lipinski definition) is 0. The van der Waals surface area contributed by atoms with Crippen molar-refractivity contribution in [3.63, 3.8) is 0 Å². The molecule has 2 aromatic rings. The molecule has 158 valence electrons. The van der Waals surface area contributed by atoms with Crippen LogP contribution in [0.5, 0.6) is 5.75 Å². The van der Waals surface area contributed by atoms with Crippen molar-refractivity contribution >= 4 is 17.6 Å². The Morgan fingerprint density at radius 2 is 1.50 bits per heavy atom. The summed E-state index contributed by atoms with van der Waals surface area (Å²) in [6.07, 6.45) is 1.82. The van der Waals surface area contributed by atoms with Crippen LogP contribution in [0.1, 0.15) is 46.9 Å². The lowest BCUT2D eigenvalue weighted by molar-refractivity contribution is -0.131. The van der Waals surface area contributed by atoms with E-state index in [9.17, 15) is 14.4 Å². The molecule has 1 heterocycles. The average Bonchev–Trinajstić information content (AvgIpc) is 3.03. The number of nitrogens with zero attached hydrogens (tertiary/aromatic N) is 2. The summed E-state index contributed by atoms with van der Waals surface area (Å²) in [6.45, 7) is 4.42. The Balaban J connectivity index is 1.40. The lowest BCUT2D eigenvalue weighted by Crippen LogP contribution is -2.37. The zero-order chi connectivity index (χ0) is 21.3. The van der Waals surface area contributed by atoms with E-state index in [4.69, 9.17) is 4.74 Å². The zero-order valence-electron chi connectivity index (χ0n) is 17.4. The van der Waals surface area contributed by atoms with E-state index in [2.05, 4.69) is 0 Å². The molecule has 6 heteroatoms. The highest BCUT2D eigenvalue weighted by Gasteiger charge is 2.22. The van der Waals surface area contributed by atoms with Crippen LogP contribution in [-0.2, 0) is 4.79 Å². The normalized spacial score (nSPS) is 14.2. The highest BCUT2D eigenvalue weighted by Crippen LogP contribution is 2.14. The third-order valence-electron chi connectivity index (χ3n) is 5.22. The fourth-order valence-electron chi connectivity index (χ4n) is 3.49. The van der Waals surface area contributed by atoms with Crippen LogP contribution in [0.3, 0.4) is 0 Å². The van der Waals surface area contributed by atoms with Gasteiger partial charge >= 0.3 is 0 Å². The molecule has 0 unspecified atom stereocenters. The first-order valence-corrected chi connectivity index (χ1v) is 10.4. The maximum absolute atomic E-state index is 12.6. The predicted molar refractivity (Wildman–Crippen MR) is 115 cm³/mol. The molecule has 3 rings (SSSR count). The third-order valence-corrected chi connectivity index (χ3v) is 5.22. The van der Waals surface area contributed by atoms with Crippen molar-refractivity contribution in [1.82, 2.24) is 9.80 Å². The summed E-state index contributed by atoms with van der Waals surface area (Å²) in [5, 5.41) is 0. The molecule has 0 aliphatic carbocycles. The molecular formula is C24H28N2O4. The van der Waals surface area contributed by atoms with E-state index in [1.165, 1.54) is 6.92 Å². The summed E-state index contributed by atoms with van der Waals surface area (Å²) >= 11 is 0. The molecule has 1 fully saturated rings. The van der Waals surface area contributed by atoms with E-state index in [0.29, 0.717) is 62.5 Å². The first-order valence-electron chi connectivity index (χ1n) is 10.4. The smallest absolute Gasteiger partial charge is 0.253 e. The van der Waals surface area contributed by atoms with E-state index in [1.54, 1.807) is 24.3 Å². The van der Waals surface area contributed by atoms with E-state index >= 15 is 0 Å². The van der Waals surface area contributed by atoms with Crippen molar-refractivity contribution in [1.29, 1.82) is 0 Å². The van der Waals surface area contributed by atoms with Crippen molar-refractivity contribution in [3.8, 4) is 5.75 Å². The molecule has 0 radical (unpaired) electrons. The molecule has 0 bridgehead atoms. The zero-order valence-corrected chi connectivity index (χ0v) is 17.4. The quantitative estimate of drug-likeness (QED) is 0.520. The molecule has 1 aliphatic heterocycles. The van der Waals surface area contributed by atoms with Gasteiger partial charge in [-0.2, -0.15) is 0 Å². The number of carbonyl (C=O) groups excluding carboxylic acids is 3. The van der Waals surface area contributed by atoms with Crippen LogP contribution in [0.4, 0.5) is 0 Å². The minimum absolute atomic E-state index is 0.0219. The maximum atomic E-state index is 12.6. The van der Waals surface area contributed by atoms with Gasteiger partial charge in [0.25, 0.3) is 5.91 Å². The molecule has 6 nitrogen and oxygen atoms in total. The van der Waals surface area contributed by atoms with Gasteiger partial charge in [-0.05, 0) is 56.2 Å². The van der Waals surface area contributed by atoms with Crippen molar-refractivity contribution < 1.29 is 19.1 Å². The Morgan fingerprint density at radius 1 is 0.833 bits per heavy atom. The number of rotatable bonds is 7. The van der Waals surface area contributed by atoms with Crippen LogP contribution in [0, 0.1) is 0 Å². The molecule has 2 amide bonds. The molecule has 1 saturated heterocycles. The minimum atomic E-state index is 0.0219. The van der Waals surface area contributed by atoms with Gasteiger partial charge in [0, 0.05) is 43.7 Å². The Kier molecular flexibility index (Phi) is 7.60. The van der Waals surface area contributed by atoms with E-state index in [-0.39, 0.29) is 17.6 Å². The summed E-state index contributed by atoms with van der Waals surface area (Å²) in [4.78, 5) is 40.1. The number of amides is 2. The number of hydrogen-bond acceptors (Lipinski definition) is 4. The van der Waals surface area contributed by atoms with Gasteiger partial charge in [0.15, 0.2) is 5.78 Å². The van der Waals surface area contributed by atoms with Gasteiger partial charge < -0.3 is 14.5 Å². The summed E-state index contributed by atoms with van der Waals surface area (Å²) in [5.41, 5.74) is 1.34. The summed E-state index contributed by atoms with van der Waals surface area (Å²) in [5.74, 6) is 0.833. The van der Waals surface area contributed by atoms with Crippen LogP contribution < -0.4 is 4.74 Å². The van der Waals surface area contributed by atoms with Gasteiger partial charge in [0.2, 0.25) is 5.91 Å². The standard InChI is InChI=1S/C24H28N2O4/c1-19(27)20-10-12-22(13-11-20)30-18-5-9-23(28)25-14-6-15-26(17-16-25)24(29)21-7-3-2-4-8-21/h2-4,7-8,10-13H,5-6,9,14-18H2,1H3. The first-order chi connectivity index (χ1) is 14.5. The van der Waals surface area contributed by atoms with Gasteiger partial charge in [0.1, 0.15) is 5.75 Å². The van der Waals surface area contributed by atoms with Crippen molar-refractivity contribution in [2.75, 3.05) is 32.8 Å². The SMILES string of the molecule is CC(=O)c1ccc(OCCCC(=O)N2CCCN(C(=O)c3ccccc3)CC2)cc1. The van der Waals surface area contributed by atoms with E-state index in [0.717, 1.165) is 6.42 Å². The highest BCUT2D eigenvalue weighted by molar-refractivity contribution is 5.94. The average molecular weight is 408 g/mol. The Morgan fingerprint density at radius 3 is 2.20 bits per heavy atom. The molecular weight excluding hydrogens is 380 g/mol. The fraction of sp³-hybridized carbons (Fsp3) is 0.375. The van der Waals surface area contributed by atoms with Crippen LogP contribution >= 0.6 is 0 Å². The molecule has 1 aliphatic rings. The van der Waals surface area contributed by atoms with Crippen LogP contribution in [0.25, 0.3) is 0 Å². The predicted octanol–water partition coefficient (Wildman–Crippen LogP) is 3.42. The molecule has 2 aromatic carbocycles. The second kappa shape index (κ2) is 10.6. The second-order valence-electron chi connectivity index (χ2n) is 7.43. The molecule has 0 aromatic heterocycles. The molecule has 0 atom stereocenters. The minimum Gasteiger partial charge on any atom is -0.494 e. The molecule has 0 N–H and O–H groups in total. The van der Waals surface area contributed by atoms with E-state index in [1.807, 2.05) is 40.1 Å². The topological polar surface area (TPSA) is 66.9 Å². The van der Waals surface area contributed by atoms with Crippen LogP contribution in [0.15, 0.2) is 54.6 Å². The van der Waals surface area contributed by atoms with Crippen LogP contribution in [-0.4, -0.2) is 60.2 Å². The van der Waals surface area contributed by atoms with Gasteiger partial charge in [0.05, 0.1) is 6.61 Å². The third kappa shape index (κ3) is 5.92. The molecule has 0 saturated carbocycles. The van der Waals surface area contributed by atoms with Gasteiger partial charge in [-0.15, -0.1) is 0 Å². The number of Topliss-reactive ketones (excluding diaryl/α,β-unsaturated/α-hetero) is 1. The highest BCUT2D eigenvalue weighted by atomic mass is 16.5. The lowest BCUT2D eigenvalue weighted by atomic mass is 10.1.